The van der Waals surface area contributed by atoms with E-state index in [0.717, 1.165) is 25.9 Å². The number of carbonyl (C=O) groups is 2. The van der Waals surface area contributed by atoms with E-state index in [1.807, 2.05) is 42.3 Å². The van der Waals surface area contributed by atoms with E-state index in [2.05, 4.69) is 17.0 Å². The van der Waals surface area contributed by atoms with E-state index in [0.29, 0.717) is 24.2 Å². The molecule has 1 saturated heterocycles. The molecule has 0 aromatic heterocycles. The first kappa shape index (κ1) is 16.6. The van der Waals surface area contributed by atoms with Crippen LogP contribution in [0.5, 0.6) is 0 Å². The molecule has 2 aliphatic rings. The van der Waals surface area contributed by atoms with Gasteiger partial charge < -0.3 is 9.80 Å². The molecule has 128 valence electrons. The number of nitrogens with zero attached hydrogens (tertiary/aromatic N) is 4. The molecule has 0 N–H and O–H groups in total. The zero-order valence-electron chi connectivity index (χ0n) is 14.3. The van der Waals surface area contributed by atoms with Crippen molar-refractivity contribution < 1.29 is 9.59 Å². The van der Waals surface area contributed by atoms with E-state index in [1.54, 1.807) is 0 Å². The molecule has 2 heterocycles. The molecule has 3 rings (SSSR count). The molecule has 24 heavy (non-hydrogen) atoms. The van der Waals surface area contributed by atoms with Gasteiger partial charge in [-0.05, 0) is 45.1 Å². The molecule has 0 saturated carbocycles. The van der Waals surface area contributed by atoms with E-state index in [1.165, 1.54) is 5.01 Å². The maximum absolute atomic E-state index is 12.8. The Morgan fingerprint density at radius 1 is 1.17 bits per heavy atom. The predicted molar refractivity (Wildman–Crippen MR) is 93.9 cm³/mol. The fourth-order valence-electron chi connectivity index (χ4n) is 3.23. The number of likely N-dealkylation sites (tertiary alicyclic amines) is 1. The highest BCUT2D eigenvalue weighted by atomic mass is 16.2. The van der Waals surface area contributed by atoms with Gasteiger partial charge in [0.1, 0.15) is 5.71 Å². The van der Waals surface area contributed by atoms with Crippen molar-refractivity contribution in [1.82, 2.24) is 9.80 Å². The van der Waals surface area contributed by atoms with E-state index in [4.69, 9.17) is 0 Å². The van der Waals surface area contributed by atoms with Crippen molar-refractivity contribution in [2.24, 2.45) is 5.10 Å². The summed E-state index contributed by atoms with van der Waals surface area (Å²) in [6.07, 6.45) is 2.69. The molecule has 2 amide bonds. The number of hydrogen-bond acceptors (Lipinski definition) is 4. The normalized spacial score (nSPS) is 20.0. The molecule has 0 bridgehead atoms. The molecular formula is C18H24N4O2. The van der Waals surface area contributed by atoms with Crippen LogP contribution in [0.4, 0.5) is 5.69 Å². The van der Waals surface area contributed by atoms with E-state index in [9.17, 15) is 9.59 Å². The Balaban J connectivity index is 1.75. The highest BCUT2D eigenvalue weighted by molar-refractivity contribution is 6.40. The van der Waals surface area contributed by atoms with Crippen LogP contribution in [-0.2, 0) is 9.59 Å². The second-order valence-electron chi connectivity index (χ2n) is 6.54. The van der Waals surface area contributed by atoms with Crippen LogP contribution in [0.25, 0.3) is 0 Å². The lowest BCUT2D eigenvalue weighted by molar-refractivity contribution is -0.125. The number of benzene rings is 1. The number of hydrogen-bond donors (Lipinski definition) is 0. The average molecular weight is 328 g/mol. The third-order valence-corrected chi connectivity index (χ3v) is 4.84. The molecular weight excluding hydrogens is 304 g/mol. The lowest BCUT2D eigenvalue weighted by atomic mass is 10.0. The van der Waals surface area contributed by atoms with Crippen molar-refractivity contribution in [2.45, 2.75) is 31.7 Å². The number of anilines is 1. The molecule has 0 unspecified atom stereocenters. The Hall–Kier alpha value is -2.21. The Morgan fingerprint density at radius 3 is 2.50 bits per heavy atom. The lowest BCUT2D eigenvalue weighted by Gasteiger charge is -2.35. The van der Waals surface area contributed by atoms with Crippen molar-refractivity contribution in [3.05, 3.63) is 30.3 Å². The highest BCUT2D eigenvalue weighted by Gasteiger charge is 2.30. The minimum atomic E-state index is -0.0697. The summed E-state index contributed by atoms with van der Waals surface area (Å²) >= 11 is 0. The number of piperidine rings is 1. The molecule has 6 heteroatoms. The Morgan fingerprint density at radius 2 is 1.83 bits per heavy atom. The number of amides is 2. The van der Waals surface area contributed by atoms with Crippen LogP contribution in [0, 0.1) is 0 Å². The summed E-state index contributed by atoms with van der Waals surface area (Å²) < 4.78 is 0. The fourth-order valence-corrected chi connectivity index (χ4v) is 3.23. The summed E-state index contributed by atoms with van der Waals surface area (Å²) in [6.45, 7) is 2.01. The number of hydrazone groups is 1. The van der Waals surface area contributed by atoms with Crippen LogP contribution in [0.15, 0.2) is 35.4 Å². The quantitative estimate of drug-likeness (QED) is 0.849. The zero-order chi connectivity index (χ0) is 17.1. The maximum atomic E-state index is 12.8. The molecule has 2 aliphatic heterocycles. The molecule has 1 fully saturated rings. The van der Waals surface area contributed by atoms with E-state index >= 15 is 0 Å². The second kappa shape index (κ2) is 7.13. The SMILES string of the molecule is CN1CCC(N(C)C(=O)C2=NN(c3ccccc3)C(=O)CC2)CC1. The maximum Gasteiger partial charge on any atom is 0.270 e. The minimum absolute atomic E-state index is 0.0574. The van der Waals surface area contributed by atoms with Crippen molar-refractivity contribution >= 4 is 23.2 Å². The summed E-state index contributed by atoms with van der Waals surface area (Å²) in [5.74, 6) is -0.127. The van der Waals surface area contributed by atoms with E-state index < -0.39 is 0 Å². The first-order chi connectivity index (χ1) is 11.6. The van der Waals surface area contributed by atoms with Gasteiger partial charge >= 0.3 is 0 Å². The zero-order valence-corrected chi connectivity index (χ0v) is 14.3. The lowest BCUT2D eigenvalue weighted by Crippen LogP contribution is -2.48. The van der Waals surface area contributed by atoms with Crippen LogP contribution in [0.1, 0.15) is 25.7 Å². The van der Waals surface area contributed by atoms with Gasteiger partial charge in [0.15, 0.2) is 0 Å². The molecule has 0 atom stereocenters. The standard InChI is InChI=1S/C18H24N4O2/c1-20-12-10-14(11-13-20)21(2)18(24)16-8-9-17(23)22(19-16)15-6-4-3-5-7-15/h3-7,14H,8-13H2,1-2H3. The van der Waals surface area contributed by atoms with Gasteiger partial charge in [0.05, 0.1) is 5.69 Å². The van der Waals surface area contributed by atoms with Crippen LogP contribution in [0.2, 0.25) is 0 Å². The van der Waals surface area contributed by atoms with Crippen LogP contribution in [-0.4, -0.2) is 60.6 Å². The van der Waals surface area contributed by atoms with Gasteiger partial charge in [-0.25, -0.2) is 5.01 Å². The summed E-state index contributed by atoms with van der Waals surface area (Å²) in [4.78, 5) is 29.1. The van der Waals surface area contributed by atoms with Crippen LogP contribution >= 0.6 is 0 Å². The highest BCUT2D eigenvalue weighted by Crippen LogP contribution is 2.21. The third kappa shape index (κ3) is 3.48. The van der Waals surface area contributed by atoms with Gasteiger partial charge in [0.25, 0.3) is 5.91 Å². The number of carbonyl (C=O) groups excluding carboxylic acids is 2. The summed E-state index contributed by atoms with van der Waals surface area (Å²) in [5, 5.41) is 5.72. The molecule has 1 aromatic carbocycles. The molecule has 1 aromatic rings. The number of para-hydroxylation sites is 1. The smallest absolute Gasteiger partial charge is 0.270 e. The monoisotopic (exact) mass is 328 g/mol. The summed E-state index contributed by atoms with van der Waals surface area (Å²) in [5.41, 5.74) is 1.18. The Labute approximate surface area is 142 Å². The molecule has 0 aliphatic carbocycles. The third-order valence-electron chi connectivity index (χ3n) is 4.84. The van der Waals surface area contributed by atoms with Gasteiger partial charge in [-0.15, -0.1) is 0 Å². The topological polar surface area (TPSA) is 56.2 Å². The van der Waals surface area contributed by atoms with Crippen molar-refractivity contribution in [3.8, 4) is 0 Å². The Kier molecular flexibility index (Phi) is 4.94. The predicted octanol–water partition coefficient (Wildman–Crippen LogP) is 1.72. The van der Waals surface area contributed by atoms with Crippen molar-refractivity contribution in [2.75, 3.05) is 32.2 Å². The minimum Gasteiger partial charge on any atom is -0.338 e. The van der Waals surface area contributed by atoms with Crippen molar-refractivity contribution in [3.63, 3.8) is 0 Å². The van der Waals surface area contributed by atoms with Crippen LogP contribution in [0.3, 0.4) is 0 Å². The van der Waals surface area contributed by atoms with Gasteiger partial charge in [-0.3, -0.25) is 9.59 Å². The fraction of sp³-hybridized carbons (Fsp3) is 0.500. The second-order valence-corrected chi connectivity index (χ2v) is 6.54. The summed E-state index contributed by atoms with van der Waals surface area (Å²) in [7, 11) is 3.96. The first-order valence-corrected chi connectivity index (χ1v) is 8.47. The van der Waals surface area contributed by atoms with Crippen molar-refractivity contribution in [1.29, 1.82) is 0 Å². The van der Waals surface area contributed by atoms with Gasteiger partial charge in [0, 0.05) is 25.9 Å². The summed E-state index contributed by atoms with van der Waals surface area (Å²) in [6, 6.07) is 9.52. The van der Waals surface area contributed by atoms with Crippen LogP contribution < -0.4 is 5.01 Å². The van der Waals surface area contributed by atoms with Gasteiger partial charge in [-0.1, -0.05) is 18.2 Å². The van der Waals surface area contributed by atoms with Gasteiger partial charge in [0.2, 0.25) is 5.91 Å². The average Bonchev–Trinajstić information content (AvgIpc) is 2.62. The Bertz CT molecular complexity index is 636. The van der Waals surface area contributed by atoms with Gasteiger partial charge in [-0.2, -0.15) is 5.10 Å². The molecule has 0 spiro atoms. The largest absolute Gasteiger partial charge is 0.338 e. The van der Waals surface area contributed by atoms with E-state index in [-0.39, 0.29) is 17.9 Å². The molecule has 0 radical (unpaired) electrons. The number of rotatable bonds is 3. The first-order valence-electron chi connectivity index (χ1n) is 8.47. The molecule has 6 nitrogen and oxygen atoms in total.